The molecule has 1 aliphatic rings. The molecule has 1 heterocycles. The molecule has 2 amide bonds. The first kappa shape index (κ1) is 17.2. The first-order valence-corrected chi connectivity index (χ1v) is 7.94. The topological polar surface area (TPSA) is 118 Å². The van der Waals surface area contributed by atoms with Crippen LogP contribution >= 0.6 is 11.8 Å². The molecular weight excluding hydrogens is 320 g/mol. The Morgan fingerprint density at radius 3 is 2.74 bits per heavy atom. The SMILES string of the molecule is CC(=O)c1cccc(N2C(=O)CC(SCC(N)C(=O)O)C2=O)c1. The summed E-state index contributed by atoms with van der Waals surface area (Å²) in [4.78, 5) is 47.7. The van der Waals surface area contributed by atoms with Gasteiger partial charge in [0, 0.05) is 17.7 Å². The highest BCUT2D eigenvalue weighted by Gasteiger charge is 2.40. The van der Waals surface area contributed by atoms with Gasteiger partial charge in [0.1, 0.15) is 6.04 Å². The first-order chi connectivity index (χ1) is 10.8. The van der Waals surface area contributed by atoms with Crippen LogP contribution in [0.4, 0.5) is 5.69 Å². The molecule has 1 fully saturated rings. The molecule has 122 valence electrons. The normalized spacial score (nSPS) is 19.0. The van der Waals surface area contributed by atoms with Gasteiger partial charge in [-0.3, -0.25) is 19.2 Å². The number of carboxylic acids is 1. The van der Waals surface area contributed by atoms with Crippen molar-refractivity contribution in [1.29, 1.82) is 0 Å². The summed E-state index contributed by atoms with van der Waals surface area (Å²) in [6, 6.07) is 5.20. The van der Waals surface area contributed by atoms with Crippen LogP contribution in [-0.4, -0.2) is 45.7 Å². The van der Waals surface area contributed by atoms with Crippen LogP contribution < -0.4 is 10.6 Å². The van der Waals surface area contributed by atoms with Crippen LogP contribution in [0.1, 0.15) is 23.7 Å². The maximum absolute atomic E-state index is 12.4. The van der Waals surface area contributed by atoms with E-state index in [1.807, 2.05) is 0 Å². The molecule has 1 saturated heterocycles. The third-order valence-corrected chi connectivity index (χ3v) is 4.73. The van der Waals surface area contributed by atoms with Crippen LogP contribution in [0.15, 0.2) is 24.3 Å². The highest BCUT2D eigenvalue weighted by molar-refractivity contribution is 8.00. The van der Waals surface area contributed by atoms with Crippen molar-refractivity contribution in [2.75, 3.05) is 10.7 Å². The lowest BCUT2D eigenvalue weighted by atomic mass is 10.1. The van der Waals surface area contributed by atoms with Crippen LogP contribution in [0.3, 0.4) is 0 Å². The zero-order valence-electron chi connectivity index (χ0n) is 12.4. The molecule has 0 aromatic heterocycles. The van der Waals surface area contributed by atoms with E-state index in [1.54, 1.807) is 18.2 Å². The average Bonchev–Trinajstić information content (AvgIpc) is 2.79. The van der Waals surface area contributed by atoms with E-state index in [9.17, 15) is 19.2 Å². The Morgan fingerprint density at radius 1 is 1.43 bits per heavy atom. The second-order valence-electron chi connectivity index (χ2n) is 5.14. The first-order valence-electron chi connectivity index (χ1n) is 6.89. The van der Waals surface area contributed by atoms with Gasteiger partial charge in [-0.2, -0.15) is 0 Å². The largest absolute Gasteiger partial charge is 0.480 e. The lowest BCUT2D eigenvalue weighted by molar-refractivity contribution is -0.138. The molecule has 0 aliphatic carbocycles. The van der Waals surface area contributed by atoms with Gasteiger partial charge in [-0.05, 0) is 19.1 Å². The van der Waals surface area contributed by atoms with Crippen molar-refractivity contribution in [2.24, 2.45) is 5.73 Å². The Hall–Kier alpha value is -2.19. The number of hydrogen-bond acceptors (Lipinski definition) is 6. The number of anilines is 1. The fraction of sp³-hybridized carbons (Fsp3) is 0.333. The highest BCUT2D eigenvalue weighted by Crippen LogP contribution is 2.30. The molecule has 0 saturated carbocycles. The number of ketones is 1. The molecule has 0 bridgehead atoms. The highest BCUT2D eigenvalue weighted by atomic mass is 32.2. The Morgan fingerprint density at radius 2 is 2.13 bits per heavy atom. The zero-order valence-corrected chi connectivity index (χ0v) is 13.2. The maximum Gasteiger partial charge on any atom is 0.321 e. The van der Waals surface area contributed by atoms with Crippen molar-refractivity contribution in [3.63, 3.8) is 0 Å². The van der Waals surface area contributed by atoms with E-state index in [2.05, 4.69) is 0 Å². The van der Waals surface area contributed by atoms with Gasteiger partial charge in [-0.15, -0.1) is 11.8 Å². The molecule has 1 aromatic rings. The third-order valence-electron chi connectivity index (χ3n) is 3.41. The molecule has 2 atom stereocenters. The molecule has 23 heavy (non-hydrogen) atoms. The maximum atomic E-state index is 12.4. The summed E-state index contributed by atoms with van der Waals surface area (Å²) in [5.41, 5.74) is 6.16. The van der Waals surface area contributed by atoms with Crippen molar-refractivity contribution in [1.82, 2.24) is 0 Å². The van der Waals surface area contributed by atoms with Crippen molar-refractivity contribution in [2.45, 2.75) is 24.6 Å². The summed E-state index contributed by atoms with van der Waals surface area (Å²) in [6.45, 7) is 1.40. The molecule has 3 N–H and O–H groups in total. The minimum atomic E-state index is -1.15. The summed E-state index contributed by atoms with van der Waals surface area (Å²) in [7, 11) is 0. The summed E-state index contributed by atoms with van der Waals surface area (Å²) in [6.07, 6.45) is -0.0138. The number of carbonyl (C=O) groups excluding carboxylic acids is 3. The second kappa shape index (κ2) is 6.93. The van der Waals surface area contributed by atoms with Gasteiger partial charge in [-0.25, -0.2) is 4.90 Å². The number of carboxylic acid groups (broad SMARTS) is 1. The predicted molar refractivity (Wildman–Crippen MR) is 85.4 cm³/mol. The number of nitrogens with two attached hydrogens (primary N) is 1. The number of thioether (sulfide) groups is 1. The molecule has 8 heteroatoms. The molecule has 0 radical (unpaired) electrons. The zero-order chi connectivity index (χ0) is 17.1. The molecule has 2 rings (SSSR count). The Bertz CT molecular complexity index is 676. The number of aliphatic carboxylic acids is 1. The number of imide groups is 1. The van der Waals surface area contributed by atoms with E-state index in [1.165, 1.54) is 13.0 Å². The Kier molecular flexibility index (Phi) is 5.17. The van der Waals surface area contributed by atoms with E-state index in [0.717, 1.165) is 16.7 Å². The van der Waals surface area contributed by atoms with Crippen LogP contribution in [0, 0.1) is 0 Å². The number of benzene rings is 1. The third kappa shape index (κ3) is 3.77. The van der Waals surface area contributed by atoms with Gasteiger partial charge in [0.2, 0.25) is 11.8 Å². The fourth-order valence-electron chi connectivity index (χ4n) is 2.16. The fourth-order valence-corrected chi connectivity index (χ4v) is 3.25. The van der Waals surface area contributed by atoms with Crippen molar-refractivity contribution >= 4 is 41.0 Å². The van der Waals surface area contributed by atoms with Crippen molar-refractivity contribution in [3.8, 4) is 0 Å². The smallest absolute Gasteiger partial charge is 0.321 e. The molecule has 1 aliphatic heterocycles. The molecular formula is C15H16N2O5S. The number of Topliss-reactive ketones (excluding diaryl/α,β-unsaturated/α-hetero) is 1. The van der Waals surface area contributed by atoms with Gasteiger partial charge < -0.3 is 10.8 Å². The minimum absolute atomic E-state index is 0.0138. The van der Waals surface area contributed by atoms with Gasteiger partial charge in [0.25, 0.3) is 0 Å². The summed E-state index contributed by atoms with van der Waals surface area (Å²) in [5.74, 6) is -2.07. The summed E-state index contributed by atoms with van der Waals surface area (Å²) >= 11 is 1.06. The number of amides is 2. The Labute approximate surface area is 136 Å². The molecule has 0 spiro atoms. The van der Waals surface area contributed by atoms with Crippen LogP contribution in [-0.2, 0) is 14.4 Å². The van der Waals surface area contributed by atoms with E-state index in [4.69, 9.17) is 10.8 Å². The monoisotopic (exact) mass is 336 g/mol. The second-order valence-corrected chi connectivity index (χ2v) is 6.38. The molecule has 1 aromatic carbocycles. The Balaban J connectivity index is 2.14. The van der Waals surface area contributed by atoms with Crippen LogP contribution in [0.2, 0.25) is 0 Å². The lowest BCUT2D eigenvalue weighted by Crippen LogP contribution is -2.35. The van der Waals surface area contributed by atoms with Gasteiger partial charge in [0.05, 0.1) is 10.9 Å². The summed E-state index contributed by atoms with van der Waals surface area (Å²) in [5, 5.41) is 8.10. The number of carbonyl (C=O) groups is 4. The quantitative estimate of drug-likeness (QED) is 0.579. The number of rotatable bonds is 6. The van der Waals surface area contributed by atoms with E-state index in [-0.39, 0.29) is 23.9 Å². The predicted octanol–water partition coefficient (Wildman–Crippen LogP) is 0.666. The standard InChI is InChI=1S/C15H16N2O5S/c1-8(18)9-3-2-4-10(5-9)17-13(19)6-12(14(17)20)23-7-11(16)15(21)22/h2-5,11-12H,6-7,16H2,1H3,(H,21,22). The molecule has 2 unspecified atom stereocenters. The van der Waals surface area contributed by atoms with Gasteiger partial charge in [0.15, 0.2) is 5.78 Å². The van der Waals surface area contributed by atoms with Gasteiger partial charge >= 0.3 is 5.97 Å². The van der Waals surface area contributed by atoms with E-state index in [0.29, 0.717) is 11.3 Å². The van der Waals surface area contributed by atoms with Crippen LogP contribution in [0.25, 0.3) is 0 Å². The van der Waals surface area contributed by atoms with Crippen molar-refractivity contribution in [3.05, 3.63) is 29.8 Å². The average molecular weight is 336 g/mol. The van der Waals surface area contributed by atoms with Gasteiger partial charge in [-0.1, -0.05) is 12.1 Å². The van der Waals surface area contributed by atoms with Crippen LogP contribution in [0.5, 0.6) is 0 Å². The number of nitrogens with zero attached hydrogens (tertiary/aromatic N) is 1. The number of hydrogen-bond donors (Lipinski definition) is 2. The molecule has 7 nitrogen and oxygen atoms in total. The summed E-state index contributed by atoms with van der Waals surface area (Å²) < 4.78 is 0. The van der Waals surface area contributed by atoms with Crippen molar-refractivity contribution < 1.29 is 24.3 Å². The van der Waals surface area contributed by atoms with E-state index >= 15 is 0 Å². The lowest BCUT2D eigenvalue weighted by Gasteiger charge is -2.16. The minimum Gasteiger partial charge on any atom is -0.480 e. The van der Waals surface area contributed by atoms with E-state index < -0.39 is 23.2 Å².